The number of carbonyl (C=O) groups is 1. The lowest BCUT2D eigenvalue weighted by atomic mass is 9.66. The van der Waals surface area contributed by atoms with Crippen molar-refractivity contribution in [3.8, 4) is 6.07 Å². The van der Waals surface area contributed by atoms with E-state index in [1.54, 1.807) is 6.92 Å². The van der Waals surface area contributed by atoms with Crippen LogP contribution >= 0.6 is 11.8 Å². The van der Waals surface area contributed by atoms with Crippen LogP contribution in [0.15, 0.2) is 64.4 Å². The molecule has 9 heteroatoms. The van der Waals surface area contributed by atoms with Gasteiger partial charge in [-0.2, -0.15) is 5.26 Å². The number of benzene rings is 2. The summed E-state index contributed by atoms with van der Waals surface area (Å²) in [7, 11) is 2.17. The van der Waals surface area contributed by atoms with E-state index in [4.69, 9.17) is 4.99 Å². The number of aromatic nitrogens is 2. The van der Waals surface area contributed by atoms with Gasteiger partial charge in [0.15, 0.2) is 4.87 Å². The summed E-state index contributed by atoms with van der Waals surface area (Å²) >= 11 is 1.41. The maximum atomic E-state index is 14.2. The molecular formula is C39H54N6O2S. The molecular weight excluding hydrogens is 617 g/mol. The lowest BCUT2D eigenvalue weighted by Crippen LogP contribution is -2.47. The third-order valence-electron chi connectivity index (χ3n) is 11.3. The van der Waals surface area contributed by atoms with Gasteiger partial charge in [0.2, 0.25) is 5.91 Å². The molecule has 1 aliphatic carbocycles. The number of aryl methyl sites for hydroxylation is 1. The van der Waals surface area contributed by atoms with E-state index in [1.165, 1.54) is 24.6 Å². The number of fused-ring (bicyclic) bond motifs is 1. The number of para-hydroxylation sites is 1. The molecule has 48 heavy (non-hydrogen) atoms. The van der Waals surface area contributed by atoms with Gasteiger partial charge in [-0.3, -0.25) is 19.3 Å². The average molecular weight is 671 g/mol. The van der Waals surface area contributed by atoms with E-state index in [2.05, 4.69) is 42.2 Å². The number of nitrogens with zero attached hydrogens (tertiary/aromatic N) is 4. The Morgan fingerprint density at radius 2 is 1.73 bits per heavy atom. The van der Waals surface area contributed by atoms with Crippen LogP contribution in [0.2, 0.25) is 0 Å². The maximum absolute atomic E-state index is 14.2. The standard InChI is InChI=1S/C39H54N6O2S/c1-5-39(6-2)21-16-30(17-22-39)26-33(36(46)43-38(3,28-40)48-27-31-12-8-7-9-13-31)41-35-32-14-10-11-15-34(32)45(37(47)42-35)25-20-29-18-23-44(4)24-19-29/h7-15,29-30,33H,5-6,16-27H2,1-4H3,(H,43,46)(H,41,42,47). The van der Waals surface area contributed by atoms with Crippen LogP contribution in [-0.2, 0) is 17.1 Å². The molecule has 1 saturated carbocycles. The molecule has 2 atom stereocenters. The Morgan fingerprint density at radius 3 is 2.40 bits per heavy atom. The van der Waals surface area contributed by atoms with Crippen molar-refractivity contribution in [1.29, 1.82) is 5.26 Å². The number of hydrogen-bond acceptors (Lipinski definition) is 6. The zero-order valence-electron chi connectivity index (χ0n) is 29.3. The molecule has 1 aliphatic heterocycles. The summed E-state index contributed by atoms with van der Waals surface area (Å²) < 4.78 is 1.84. The fraction of sp³-hybridized carbons (Fsp3) is 0.590. The zero-order chi connectivity index (χ0) is 34.1. The molecule has 2 unspecified atom stereocenters. The van der Waals surface area contributed by atoms with Crippen molar-refractivity contribution >= 4 is 28.6 Å². The van der Waals surface area contributed by atoms with Gasteiger partial charge in [0.1, 0.15) is 17.6 Å². The van der Waals surface area contributed by atoms with Crippen LogP contribution in [0.25, 0.3) is 10.9 Å². The molecule has 8 nitrogen and oxygen atoms in total. The van der Waals surface area contributed by atoms with Gasteiger partial charge in [0, 0.05) is 17.7 Å². The van der Waals surface area contributed by atoms with Crippen LogP contribution in [-0.4, -0.2) is 51.4 Å². The van der Waals surface area contributed by atoms with E-state index in [0.29, 0.717) is 41.5 Å². The second-order valence-electron chi connectivity index (χ2n) is 14.4. The first-order valence-corrected chi connectivity index (χ1v) is 19.0. The number of thioether (sulfide) groups is 1. The van der Waals surface area contributed by atoms with Gasteiger partial charge >= 0.3 is 5.69 Å². The van der Waals surface area contributed by atoms with Crippen LogP contribution in [0.3, 0.4) is 0 Å². The van der Waals surface area contributed by atoms with Gasteiger partial charge < -0.3 is 10.2 Å². The second kappa shape index (κ2) is 16.4. The SMILES string of the molecule is CCC1(CC)CCC(CC(N=c2[nH]c(=O)n(CCC3CCN(C)CC3)c3ccccc23)C(=O)NC(C)(C#N)SCc2ccccc2)CC1. The number of H-pyrrole nitrogens is 1. The molecule has 0 bridgehead atoms. The lowest BCUT2D eigenvalue weighted by molar-refractivity contribution is -0.123. The Morgan fingerprint density at radius 1 is 1.06 bits per heavy atom. The van der Waals surface area contributed by atoms with Crippen molar-refractivity contribution in [2.75, 3.05) is 20.1 Å². The number of amides is 1. The van der Waals surface area contributed by atoms with Crippen LogP contribution in [0.1, 0.15) is 90.5 Å². The summed E-state index contributed by atoms with van der Waals surface area (Å²) in [5.41, 5.74) is 2.55. The summed E-state index contributed by atoms with van der Waals surface area (Å²) in [5.74, 6) is 1.28. The molecule has 1 aromatic heterocycles. The number of likely N-dealkylation sites (tertiary alicyclic amines) is 1. The first-order valence-electron chi connectivity index (χ1n) is 18.0. The van der Waals surface area contributed by atoms with Gasteiger partial charge in [-0.05, 0) is 113 Å². The van der Waals surface area contributed by atoms with Crippen LogP contribution in [0, 0.1) is 28.6 Å². The number of aromatic amines is 1. The van der Waals surface area contributed by atoms with E-state index < -0.39 is 10.9 Å². The van der Waals surface area contributed by atoms with E-state index in [9.17, 15) is 14.9 Å². The first kappa shape index (κ1) is 35.9. The van der Waals surface area contributed by atoms with Crippen molar-refractivity contribution in [1.82, 2.24) is 19.8 Å². The number of hydrogen-bond donors (Lipinski definition) is 2. The Kier molecular flexibility index (Phi) is 12.3. The smallest absolute Gasteiger partial charge is 0.327 e. The van der Waals surface area contributed by atoms with Gasteiger partial charge in [-0.25, -0.2) is 4.79 Å². The minimum atomic E-state index is -1.13. The normalized spacial score (nSPS) is 19.9. The summed E-state index contributed by atoms with van der Waals surface area (Å²) in [6.07, 6.45) is 10.6. The Bertz CT molecular complexity index is 1670. The largest absolute Gasteiger partial charge is 0.328 e. The highest BCUT2D eigenvalue weighted by Gasteiger charge is 2.36. The molecule has 1 amide bonds. The van der Waals surface area contributed by atoms with E-state index in [-0.39, 0.29) is 11.6 Å². The van der Waals surface area contributed by atoms with Crippen LogP contribution < -0.4 is 16.5 Å². The fourth-order valence-electron chi connectivity index (χ4n) is 7.63. The topological polar surface area (TPSA) is 106 Å². The molecule has 2 fully saturated rings. The Balaban J connectivity index is 1.43. The minimum absolute atomic E-state index is 0.201. The highest BCUT2D eigenvalue weighted by Crippen LogP contribution is 2.45. The maximum Gasteiger partial charge on any atom is 0.327 e. The molecule has 2 aliphatic rings. The molecule has 258 valence electrons. The molecule has 0 spiro atoms. The zero-order valence-corrected chi connectivity index (χ0v) is 30.2. The van der Waals surface area contributed by atoms with Gasteiger partial charge in [-0.15, -0.1) is 11.8 Å². The van der Waals surface area contributed by atoms with Gasteiger partial charge in [0.05, 0.1) is 5.52 Å². The number of nitrogens with one attached hydrogen (secondary N) is 2. The molecule has 0 radical (unpaired) electrons. The molecule has 5 rings (SSSR count). The van der Waals surface area contributed by atoms with Crippen molar-refractivity contribution in [3.05, 3.63) is 76.1 Å². The van der Waals surface area contributed by atoms with Crippen molar-refractivity contribution in [2.45, 2.75) is 108 Å². The monoisotopic (exact) mass is 670 g/mol. The van der Waals surface area contributed by atoms with Crippen LogP contribution in [0.4, 0.5) is 0 Å². The van der Waals surface area contributed by atoms with E-state index >= 15 is 0 Å². The molecule has 1 saturated heterocycles. The average Bonchev–Trinajstić information content (AvgIpc) is 3.12. The predicted molar refractivity (Wildman–Crippen MR) is 196 cm³/mol. The van der Waals surface area contributed by atoms with E-state index in [0.717, 1.165) is 74.5 Å². The number of nitriles is 1. The fourth-order valence-corrected chi connectivity index (χ4v) is 8.52. The number of piperidine rings is 1. The molecule has 2 heterocycles. The van der Waals surface area contributed by atoms with Gasteiger partial charge in [0.25, 0.3) is 0 Å². The van der Waals surface area contributed by atoms with Crippen molar-refractivity contribution in [3.63, 3.8) is 0 Å². The second-order valence-corrected chi connectivity index (χ2v) is 15.8. The van der Waals surface area contributed by atoms with Crippen molar-refractivity contribution < 1.29 is 4.79 Å². The molecule has 3 aromatic rings. The third-order valence-corrected chi connectivity index (χ3v) is 12.5. The Hall–Kier alpha value is -3.35. The van der Waals surface area contributed by atoms with Crippen molar-refractivity contribution in [2.24, 2.45) is 22.2 Å². The van der Waals surface area contributed by atoms with Crippen LogP contribution in [0.5, 0.6) is 0 Å². The first-order chi connectivity index (χ1) is 23.2. The lowest BCUT2D eigenvalue weighted by Gasteiger charge is -2.39. The minimum Gasteiger partial charge on any atom is -0.328 e. The number of rotatable bonds is 13. The van der Waals surface area contributed by atoms with Gasteiger partial charge in [-0.1, -0.05) is 69.2 Å². The predicted octanol–water partition coefficient (Wildman–Crippen LogP) is 7.01. The summed E-state index contributed by atoms with van der Waals surface area (Å²) in [4.78, 5) is 37.2. The summed E-state index contributed by atoms with van der Waals surface area (Å²) in [5, 5.41) is 14.1. The molecule has 2 N–H and O–H groups in total. The molecule has 2 aromatic carbocycles. The highest BCUT2D eigenvalue weighted by atomic mass is 32.2. The summed E-state index contributed by atoms with van der Waals surface area (Å²) in [6, 6.07) is 19.5. The summed E-state index contributed by atoms with van der Waals surface area (Å²) in [6.45, 7) is 9.20. The highest BCUT2D eigenvalue weighted by molar-refractivity contribution is 8.00. The quantitative estimate of drug-likeness (QED) is 0.191. The Labute approximate surface area is 290 Å². The number of carbonyl (C=O) groups excluding carboxylic acids is 1. The third kappa shape index (κ3) is 9.00. The van der Waals surface area contributed by atoms with E-state index in [1.807, 2.05) is 59.2 Å².